The molecule has 0 spiro atoms. The molecule has 3 rings (SSSR count). The highest BCUT2D eigenvalue weighted by Crippen LogP contribution is 2.32. The van der Waals surface area contributed by atoms with Crippen molar-refractivity contribution in [1.82, 2.24) is 10.2 Å². The number of hydrogen-bond acceptors (Lipinski definition) is 4. The number of nitrogens with zero attached hydrogens (tertiary/aromatic N) is 1. The molecule has 0 radical (unpaired) electrons. The Bertz CT molecular complexity index is 730. The van der Waals surface area contributed by atoms with Gasteiger partial charge in [-0.1, -0.05) is 12.1 Å². The molecule has 2 aromatic rings. The van der Waals surface area contributed by atoms with Crippen molar-refractivity contribution in [3.63, 3.8) is 0 Å². The van der Waals surface area contributed by atoms with Gasteiger partial charge in [0.05, 0.1) is 4.88 Å². The first-order valence-electron chi connectivity index (χ1n) is 7.38. The van der Waals surface area contributed by atoms with Gasteiger partial charge < -0.3 is 15.0 Å². The van der Waals surface area contributed by atoms with E-state index >= 15 is 0 Å². The van der Waals surface area contributed by atoms with Crippen LogP contribution < -0.4 is 10.1 Å². The van der Waals surface area contributed by atoms with Gasteiger partial charge in [-0.2, -0.15) is 0 Å². The Balaban J connectivity index is 0.00000225. The predicted molar refractivity (Wildman–Crippen MR) is 92.5 cm³/mol. The lowest BCUT2D eigenvalue weighted by Gasteiger charge is -2.26. The maximum atomic E-state index is 12.4. The van der Waals surface area contributed by atoms with Gasteiger partial charge in [0.15, 0.2) is 0 Å². The third-order valence-corrected chi connectivity index (χ3v) is 4.70. The minimum atomic E-state index is -4.72. The molecular weight excluding hydrogens is 377 g/mol. The lowest BCUT2D eigenvalue weighted by Crippen LogP contribution is -2.46. The molecule has 0 unspecified atom stereocenters. The SMILES string of the molecule is Cl.O=C(c1ccc(-c2cccc(OC(F)(F)F)c2)s1)N1CCNCC1. The predicted octanol–water partition coefficient (Wildman–Crippen LogP) is 3.78. The van der Waals surface area contributed by atoms with Crippen LogP contribution in [-0.2, 0) is 0 Å². The molecule has 1 saturated heterocycles. The molecule has 0 saturated carbocycles. The number of halogens is 4. The van der Waals surface area contributed by atoms with Gasteiger partial charge in [0, 0.05) is 31.1 Å². The molecule has 136 valence electrons. The highest BCUT2D eigenvalue weighted by atomic mass is 35.5. The van der Waals surface area contributed by atoms with E-state index in [2.05, 4.69) is 10.1 Å². The molecule has 0 atom stereocenters. The second kappa shape index (κ2) is 8.07. The molecule has 4 nitrogen and oxygen atoms in total. The zero-order valence-corrected chi connectivity index (χ0v) is 14.6. The number of carbonyl (C=O) groups is 1. The van der Waals surface area contributed by atoms with E-state index in [4.69, 9.17) is 0 Å². The van der Waals surface area contributed by atoms with Crippen molar-refractivity contribution in [2.45, 2.75) is 6.36 Å². The molecule has 0 aliphatic carbocycles. The van der Waals surface area contributed by atoms with Crippen molar-refractivity contribution >= 4 is 29.7 Å². The van der Waals surface area contributed by atoms with E-state index in [1.54, 1.807) is 23.1 Å². The summed E-state index contributed by atoms with van der Waals surface area (Å²) in [6, 6.07) is 9.20. The Labute approximate surface area is 153 Å². The van der Waals surface area contributed by atoms with Crippen molar-refractivity contribution in [1.29, 1.82) is 0 Å². The van der Waals surface area contributed by atoms with Crippen molar-refractivity contribution in [2.75, 3.05) is 26.2 Å². The zero-order chi connectivity index (χ0) is 17.2. The summed E-state index contributed by atoms with van der Waals surface area (Å²) in [5.41, 5.74) is 0.584. The number of thiophene rings is 1. The highest BCUT2D eigenvalue weighted by molar-refractivity contribution is 7.17. The Kier molecular flexibility index (Phi) is 6.31. The quantitative estimate of drug-likeness (QED) is 0.864. The first-order chi connectivity index (χ1) is 11.4. The normalized spacial score (nSPS) is 14.8. The number of carbonyl (C=O) groups excluding carboxylic acids is 1. The van der Waals surface area contributed by atoms with Gasteiger partial charge in [0.2, 0.25) is 0 Å². The van der Waals surface area contributed by atoms with Crippen molar-refractivity contribution < 1.29 is 22.7 Å². The van der Waals surface area contributed by atoms with Gasteiger partial charge in [0.25, 0.3) is 5.91 Å². The molecule has 1 aromatic heterocycles. The largest absolute Gasteiger partial charge is 0.573 e. The first-order valence-corrected chi connectivity index (χ1v) is 8.20. The molecule has 1 amide bonds. The van der Waals surface area contributed by atoms with E-state index in [9.17, 15) is 18.0 Å². The number of amides is 1. The van der Waals surface area contributed by atoms with Crippen LogP contribution >= 0.6 is 23.7 Å². The van der Waals surface area contributed by atoms with Crippen molar-refractivity contribution in [3.05, 3.63) is 41.3 Å². The van der Waals surface area contributed by atoms with Crippen LogP contribution in [0, 0.1) is 0 Å². The fourth-order valence-electron chi connectivity index (χ4n) is 2.48. The fourth-order valence-corrected chi connectivity index (χ4v) is 3.45. The van der Waals surface area contributed by atoms with Crippen LogP contribution in [0.2, 0.25) is 0 Å². The topological polar surface area (TPSA) is 41.6 Å². The summed E-state index contributed by atoms with van der Waals surface area (Å²) in [7, 11) is 0. The van der Waals surface area contributed by atoms with E-state index in [0.29, 0.717) is 23.5 Å². The third-order valence-electron chi connectivity index (χ3n) is 3.57. The molecule has 1 N–H and O–H groups in total. The molecule has 1 aromatic carbocycles. The van der Waals surface area contributed by atoms with Crippen molar-refractivity contribution in [3.8, 4) is 16.2 Å². The molecule has 25 heavy (non-hydrogen) atoms. The monoisotopic (exact) mass is 392 g/mol. The molecule has 0 bridgehead atoms. The van der Waals surface area contributed by atoms with E-state index in [1.165, 1.54) is 29.5 Å². The average Bonchev–Trinajstić information content (AvgIpc) is 3.03. The fraction of sp³-hybridized carbons (Fsp3) is 0.312. The number of benzene rings is 1. The summed E-state index contributed by atoms with van der Waals surface area (Å²) >= 11 is 1.27. The van der Waals surface area contributed by atoms with Gasteiger partial charge >= 0.3 is 6.36 Å². The van der Waals surface area contributed by atoms with E-state index in [1.807, 2.05) is 0 Å². The molecular formula is C16H16ClF3N2O2S. The highest BCUT2D eigenvalue weighted by Gasteiger charge is 2.31. The maximum Gasteiger partial charge on any atom is 0.573 e. The van der Waals surface area contributed by atoms with Gasteiger partial charge in [0.1, 0.15) is 5.75 Å². The lowest BCUT2D eigenvalue weighted by atomic mass is 10.2. The smallest absolute Gasteiger partial charge is 0.406 e. The second-order valence-corrected chi connectivity index (χ2v) is 6.37. The molecule has 1 aliphatic rings. The average molecular weight is 393 g/mol. The molecule has 1 aliphatic heterocycles. The first kappa shape index (κ1) is 19.6. The minimum absolute atomic E-state index is 0. The van der Waals surface area contributed by atoms with Crippen LogP contribution in [0.1, 0.15) is 9.67 Å². The standard InChI is InChI=1S/C16H15F3N2O2S.ClH/c17-16(18,19)23-12-3-1-2-11(10-12)13-4-5-14(24-13)15(22)21-8-6-20-7-9-21;/h1-5,10,20H,6-9H2;1H. The molecule has 1 fully saturated rings. The van der Waals surface area contributed by atoms with Crippen LogP contribution in [0.4, 0.5) is 13.2 Å². The van der Waals surface area contributed by atoms with Gasteiger partial charge in [-0.3, -0.25) is 4.79 Å². The van der Waals surface area contributed by atoms with Crippen LogP contribution in [0.15, 0.2) is 36.4 Å². The van der Waals surface area contributed by atoms with E-state index in [-0.39, 0.29) is 24.1 Å². The van der Waals surface area contributed by atoms with Crippen molar-refractivity contribution in [2.24, 2.45) is 0 Å². The van der Waals surface area contributed by atoms with Gasteiger partial charge in [-0.15, -0.1) is 36.9 Å². The van der Waals surface area contributed by atoms with Crippen LogP contribution in [0.5, 0.6) is 5.75 Å². The Hall–Kier alpha value is -1.77. The Morgan fingerprint density at radius 1 is 1.16 bits per heavy atom. The Morgan fingerprint density at radius 3 is 2.56 bits per heavy atom. The molecule has 9 heteroatoms. The summed E-state index contributed by atoms with van der Waals surface area (Å²) < 4.78 is 40.9. The summed E-state index contributed by atoms with van der Waals surface area (Å²) in [6.07, 6.45) is -4.72. The summed E-state index contributed by atoms with van der Waals surface area (Å²) in [4.78, 5) is 15.5. The zero-order valence-electron chi connectivity index (χ0n) is 13.0. The number of ether oxygens (including phenoxy) is 1. The number of hydrogen-bond donors (Lipinski definition) is 1. The van der Waals surface area contributed by atoms with E-state index in [0.717, 1.165) is 18.0 Å². The van der Waals surface area contributed by atoms with Crippen LogP contribution in [0.3, 0.4) is 0 Å². The number of alkyl halides is 3. The second-order valence-electron chi connectivity index (χ2n) is 5.28. The summed E-state index contributed by atoms with van der Waals surface area (Å²) in [5, 5.41) is 3.18. The lowest BCUT2D eigenvalue weighted by molar-refractivity contribution is -0.274. The Morgan fingerprint density at radius 2 is 1.88 bits per heavy atom. The number of rotatable bonds is 3. The van der Waals surface area contributed by atoms with Crippen LogP contribution in [0.25, 0.3) is 10.4 Å². The summed E-state index contributed by atoms with van der Waals surface area (Å²) in [5.74, 6) is -0.321. The number of nitrogens with one attached hydrogen (secondary N) is 1. The third kappa shape index (κ3) is 5.10. The van der Waals surface area contributed by atoms with E-state index < -0.39 is 6.36 Å². The molecule has 2 heterocycles. The minimum Gasteiger partial charge on any atom is -0.406 e. The maximum absolute atomic E-state index is 12.4. The summed E-state index contributed by atoms with van der Waals surface area (Å²) in [6.45, 7) is 2.84. The van der Waals surface area contributed by atoms with Gasteiger partial charge in [-0.25, -0.2) is 0 Å². The van der Waals surface area contributed by atoms with Gasteiger partial charge in [-0.05, 0) is 29.8 Å². The van der Waals surface area contributed by atoms with Crippen LogP contribution in [-0.4, -0.2) is 43.3 Å². The number of piperazine rings is 1.